The molecule has 176 valence electrons. The number of aromatic amines is 1. The van der Waals surface area contributed by atoms with Gasteiger partial charge in [-0.25, -0.2) is 9.97 Å². The molecule has 1 aliphatic rings. The fraction of sp³-hybridized carbons (Fsp3) is 0.348. The molecule has 34 heavy (non-hydrogen) atoms. The number of aryl methyl sites for hydroxylation is 1. The normalized spacial score (nSPS) is 13.8. The molecule has 0 spiro atoms. The summed E-state index contributed by atoms with van der Waals surface area (Å²) >= 11 is 0. The largest absolute Gasteiger partial charge is 0.486 e. The smallest absolute Gasteiger partial charge is 0.268 e. The Hall–Kier alpha value is -4.15. The zero-order valence-electron chi connectivity index (χ0n) is 19.1. The van der Waals surface area contributed by atoms with Gasteiger partial charge in [0.1, 0.15) is 36.7 Å². The highest BCUT2D eigenvalue weighted by molar-refractivity contribution is 5.99. The summed E-state index contributed by atoms with van der Waals surface area (Å²) in [6, 6.07) is 7.63. The number of benzene rings is 1. The van der Waals surface area contributed by atoms with Gasteiger partial charge < -0.3 is 29.5 Å². The number of nitrogens with zero attached hydrogens (tertiary/aromatic N) is 4. The van der Waals surface area contributed by atoms with Gasteiger partial charge >= 0.3 is 0 Å². The van der Waals surface area contributed by atoms with Crippen LogP contribution in [-0.4, -0.2) is 44.3 Å². The Morgan fingerprint density at radius 2 is 1.94 bits per heavy atom. The lowest BCUT2D eigenvalue weighted by molar-refractivity contribution is 0.0943. The van der Waals surface area contributed by atoms with E-state index in [0.717, 1.165) is 17.1 Å². The number of amides is 1. The molecule has 11 nitrogen and oxygen atoms in total. The molecule has 1 amide bonds. The number of rotatable bonds is 7. The molecule has 1 aliphatic heterocycles. The quantitative estimate of drug-likeness (QED) is 0.377. The Morgan fingerprint density at radius 3 is 2.71 bits per heavy atom. The minimum Gasteiger partial charge on any atom is -0.486 e. The van der Waals surface area contributed by atoms with Gasteiger partial charge in [0.05, 0.1) is 18.0 Å². The first kappa shape index (κ1) is 21.7. The summed E-state index contributed by atoms with van der Waals surface area (Å²) in [5.74, 6) is 2.82. The highest BCUT2D eigenvalue weighted by Gasteiger charge is 2.22. The van der Waals surface area contributed by atoms with Crippen LogP contribution in [0.4, 0.5) is 5.82 Å². The molecular formula is C23H25N7O4. The van der Waals surface area contributed by atoms with Crippen LogP contribution in [0.25, 0.3) is 11.0 Å². The second-order valence-corrected chi connectivity index (χ2v) is 8.33. The Bertz CT molecular complexity index is 1330. The van der Waals surface area contributed by atoms with Crippen LogP contribution < -0.4 is 20.1 Å². The van der Waals surface area contributed by atoms with Crippen molar-refractivity contribution < 1.29 is 18.7 Å². The zero-order valence-corrected chi connectivity index (χ0v) is 19.1. The summed E-state index contributed by atoms with van der Waals surface area (Å²) in [6.45, 7) is 7.16. The van der Waals surface area contributed by atoms with E-state index in [1.54, 1.807) is 13.0 Å². The number of fused-ring (bicyclic) bond motifs is 2. The first-order valence-corrected chi connectivity index (χ1v) is 11.0. The molecule has 0 radical (unpaired) electrons. The molecule has 1 aromatic carbocycles. The summed E-state index contributed by atoms with van der Waals surface area (Å²) in [7, 11) is 0. The van der Waals surface area contributed by atoms with E-state index < -0.39 is 0 Å². The van der Waals surface area contributed by atoms with Gasteiger partial charge in [-0.1, -0.05) is 19.9 Å². The number of anilines is 1. The Kier molecular flexibility index (Phi) is 5.74. The fourth-order valence-corrected chi connectivity index (χ4v) is 3.87. The van der Waals surface area contributed by atoms with Gasteiger partial charge in [-0.15, -0.1) is 10.2 Å². The Morgan fingerprint density at radius 1 is 1.12 bits per heavy atom. The van der Waals surface area contributed by atoms with E-state index >= 15 is 0 Å². The van der Waals surface area contributed by atoms with E-state index in [-0.39, 0.29) is 24.4 Å². The van der Waals surface area contributed by atoms with Crippen LogP contribution in [0.1, 0.15) is 47.7 Å². The van der Waals surface area contributed by atoms with Gasteiger partial charge in [-0.05, 0) is 29.7 Å². The van der Waals surface area contributed by atoms with Gasteiger partial charge in [-0.2, -0.15) is 0 Å². The van der Waals surface area contributed by atoms with Crippen molar-refractivity contribution >= 4 is 22.8 Å². The van der Waals surface area contributed by atoms with Crippen molar-refractivity contribution in [2.45, 2.75) is 33.4 Å². The number of carbonyl (C=O) groups is 1. The lowest BCUT2D eigenvalue weighted by Gasteiger charge is -2.26. The van der Waals surface area contributed by atoms with Crippen molar-refractivity contribution in [2.24, 2.45) is 5.92 Å². The molecular weight excluding hydrogens is 438 g/mol. The Balaban J connectivity index is 1.38. The summed E-state index contributed by atoms with van der Waals surface area (Å²) in [6.07, 6.45) is 1.46. The fourth-order valence-electron chi connectivity index (χ4n) is 3.87. The third kappa shape index (κ3) is 4.36. The monoisotopic (exact) mass is 463 g/mol. The number of hydrogen-bond acceptors (Lipinski definition) is 9. The molecule has 0 saturated heterocycles. The molecule has 0 aliphatic carbocycles. The van der Waals surface area contributed by atoms with Crippen LogP contribution in [0.2, 0.25) is 0 Å². The molecule has 3 aromatic heterocycles. The average molecular weight is 463 g/mol. The van der Waals surface area contributed by atoms with Gasteiger partial charge in [-0.3, -0.25) is 4.79 Å². The highest BCUT2D eigenvalue weighted by atomic mass is 16.6. The van der Waals surface area contributed by atoms with Crippen molar-refractivity contribution in [1.82, 2.24) is 30.5 Å². The highest BCUT2D eigenvalue weighted by Crippen LogP contribution is 2.36. The van der Waals surface area contributed by atoms with E-state index in [9.17, 15) is 4.79 Å². The second-order valence-electron chi connectivity index (χ2n) is 8.33. The summed E-state index contributed by atoms with van der Waals surface area (Å²) in [5, 5.41) is 14.6. The number of carbonyl (C=O) groups excluding carboxylic acids is 1. The number of aromatic nitrogens is 5. The van der Waals surface area contributed by atoms with Crippen LogP contribution in [0.3, 0.4) is 0 Å². The number of hydrogen-bond donors (Lipinski definition) is 3. The first-order chi connectivity index (χ1) is 16.5. The number of H-pyrrole nitrogens is 1. The van der Waals surface area contributed by atoms with Gasteiger partial charge in [0.25, 0.3) is 5.91 Å². The maximum Gasteiger partial charge on any atom is 0.268 e. The number of ether oxygens (including phenoxy) is 2. The van der Waals surface area contributed by atoms with Crippen molar-refractivity contribution in [3.05, 3.63) is 53.6 Å². The zero-order chi connectivity index (χ0) is 23.7. The molecule has 11 heteroatoms. The summed E-state index contributed by atoms with van der Waals surface area (Å²) in [5.41, 5.74) is 1.96. The predicted octanol–water partition coefficient (Wildman–Crippen LogP) is 3.16. The maximum atomic E-state index is 12.7. The van der Waals surface area contributed by atoms with Gasteiger partial charge in [0.2, 0.25) is 11.8 Å². The molecule has 0 saturated carbocycles. The van der Waals surface area contributed by atoms with E-state index in [4.69, 9.17) is 13.9 Å². The topological polar surface area (TPSA) is 140 Å². The third-order valence-electron chi connectivity index (χ3n) is 5.52. The maximum absolute atomic E-state index is 12.7. The van der Waals surface area contributed by atoms with Crippen molar-refractivity contribution in [3.63, 3.8) is 0 Å². The van der Waals surface area contributed by atoms with Gasteiger partial charge in [0.15, 0.2) is 11.5 Å². The minimum atomic E-state index is -0.313. The Labute approximate surface area is 195 Å². The lowest BCUT2D eigenvalue weighted by atomic mass is 9.95. The molecule has 4 heterocycles. The standard InChI is InChI=1S/C23H25N7O4/c1-12(2)20(14-4-5-17-18(8-14)33-7-6-32-17)28-22-15-9-16(27-21(15)25-11-26-22)23(31)24-10-19-30-29-13(3)34-19/h4-5,8-9,11-12,20H,6-7,10H2,1-3H3,(H,24,31)(H2,25,26,27,28)/t20-/m1/s1. The van der Waals surface area contributed by atoms with E-state index in [2.05, 4.69) is 49.6 Å². The molecule has 4 aromatic rings. The third-order valence-corrected chi connectivity index (χ3v) is 5.52. The number of nitrogens with one attached hydrogen (secondary N) is 3. The van der Waals surface area contributed by atoms with Crippen LogP contribution in [0.5, 0.6) is 11.5 Å². The van der Waals surface area contributed by atoms with E-state index in [1.165, 1.54) is 6.33 Å². The summed E-state index contributed by atoms with van der Waals surface area (Å²) in [4.78, 5) is 24.5. The van der Waals surface area contributed by atoms with Crippen LogP contribution in [0.15, 0.2) is 35.0 Å². The summed E-state index contributed by atoms with van der Waals surface area (Å²) < 4.78 is 16.7. The van der Waals surface area contributed by atoms with Crippen molar-refractivity contribution in [3.8, 4) is 11.5 Å². The molecule has 0 unspecified atom stereocenters. The average Bonchev–Trinajstić information content (AvgIpc) is 3.47. The first-order valence-electron chi connectivity index (χ1n) is 11.0. The molecule has 3 N–H and O–H groups in total. The van der Waals surface area contributed by atoms with Crippen LogP contribution >= 0.6 is 0 Å². The van der Waals surface area contributed by atoms with Gasteiger partial charge in [0, 0.05) is 6.92 Å². The molecule has 1 atom stereocenters. The molecule has 0 bridgehead atoms. The van der Waals surface area contributed by atoms with Crippen molar-refractivity contribution in [2.75, 3.05) is 18.5 Å². The molecule has 0 fully saturated rings. The predicted molar refractivity (Wildman–Crippen MR) is 123 cm³/mol. The van der Waals surface area contributed by atoms with E-state index in [0.29, 0.717) is 47.5 Å². The van der Waals surface area contributed by atoms with Crippen LogP contribution in [0, 0.1) is 12.8 Å². The lowest BCUT2D eigenvalue weighted by Crippen LogP contribution is -2.23. The second kappa shape index (κ2) is 9.00. The van der Waals surface area contributed by atoms with Crippen LogP contribution in [-0.2, 0) is 6.54 Å². The van der Waals surface area contributed by atoms with Crippen molar-refractivity contribution in [1.29, 1.82) is 0 Å². The SMILES string of the molecule is Cc1nnc(CNC(=O)c2cc3c(N[C@@H](c4ccc5c(c4)OCCO5)C(C)C)ncnc3[nH]2)o1. The molecule has 5 rings (SSSR count). The van der Waals surface area contributed by atoms with E-state index in [1.807, 2.05) is 18.2 Å². The minimum absolute atomic E-state index is 0.0538.